The summed E-state index contributed by atoms with van der Waals surface area (Å²) in [6.45, 7) is 0.454. The molecule has 1 aromatic carbocycles. The van der Waals surface area contributed by atoms with Gasteiger partial charge in [0.15, 0.2) is 5.75 Å². The van der Waals surface area contributed by atoms with Crippen molar-refractivity contribution in [2.24, 2.45) is 0 Å². The molecule has 0 aliphatic heterocycles. The zero-order valence-corrected chi connectivity index (χ0v) is 9.68. The molecule has 0 bridgehead atoms. The quantitative estimate of drug-likeness (QED) is 0.470. The number of phenols is 1. The third kappa shape index (κ3) is 2.60. The topological polar surface area (TPSA) is 104 Å². The van der Waals surface area contributed by atoms with Crippen molar-refractivity contribution in [1.82, 2.24) is 15.3 Å². The average molecular weight is 246 g/mol. The van der Waals surface area contributed by atoms with Crippen LogP contribution in [0.3, 0.4) is 0 Å². The van der Waals surface area contributed by atoms with Crippen LogP contribution < -0.4 is 11.1 Å². The molecule has 2 rings (SSSR count). The van der Waals surface area contributed by atoms with E-state index in [1.165, 1.54) is 12.1 Å². The molecule has 0 spiro atoms. The first-order valence-electron chi connectivity index (χ1n) is 5.51. The van der Waals surface area contributed by atoms with E-state index < -0.39 is 0 Å². The van der Waals surface area contributed by atoms with Gasteiger partial charge in [-0.15, -0.1) is 0 Å². The Kier molecular flexibility index (Phi) is 3.47. The number of nitrogens with two attached hydrogens (primary N) is 1. The number of carbonyl (C=O) groups excluding carboxylic acids is 1. The molecule has 6 nitrogen and oxygen atoms in total. The summed E-state index contributed by atoms with van der Waals surface area (Å²) in [5, 5.41) is 12.4. The van der Waals surface area contributed by atoms with Gasteiger partial charge in [-0.1, -0.05) is 6.07 Å². The van der Waals surface area contributed by atoms with Gasteiger partial charge in [0.2, 0.25) is 0 Å². The van der Waals surface area contributed by atoms with Gasteiger partial charge >= 0.3 is 0 Å². The van der Waals surface area contributed by atoms with Crippen LogP contribution in [0.4, 0.5) is 5.69 Å². The molecule has 0 aliphatic rings. The Morgan fingerprint density at radius 2 is 2.33 bits per heavy atom. The Hall–Kier alpha value is -2.50. The summed E-state index contributed by atoms with van der Waals surface area (Å²) in [6.07, 6.45) is 3.93. The standard InChI is InChI=1S/C12H14N4O2/c13-10-3-1-2-9(11(10)17)12(18)15-5-4-8-6-14-7-16-8/h1-3,6-7,17H,4-5,13H2,(H,14,16)(H,15,18). The van der Waals surface area contributed by atoms with Crippen LogP contribution in [0.2, 0.25) is 0 Å². The van der Waals surface area contributed by atoms with Crippen LogP contribution in [0, 0.1) is 0 Å². The summed E-state index contributed by atoms with van der Waals surface area (Å²) in [7, 11) is 0. The fourth-order valence-corrected chi connectivity index (χ4v) is 1.57. The van der Waals surface area contributed by atoms with E-state index in [0.29, 0.717) is 13.0 Å². The van der Waals surface area contributed by atoms with Crippen molar-refractivity contribution in [3.8, 4) is 5.75 Å². The van der Waals surface area contributed by atoms with Gasteiger partial charge in [-0.25, -0.2) is 4.98 Å². The molecule has 94 valence electrons. The minimum absolute atomic E-state index is 0.180. The van der Waals surface area contributed by atoms with Crippen LogP contribution in [-0.4, -0.2) is 27.5 Å². The molecule has 0 unspecified atom stereocenters. The van der Waals surface area contributed by atoms with Gasteiger partial charge in [0.1, 0.15) is 0 Å². The van der Waals surface area contributed by atoms with E-state index in [9.17, 15) is 9.90 Å². The maximum Gasteiger partial charge on any atom is 0.255 e. The second kappa shape index (κ2) is 5.22. The highest BCUT2D eigenvalue weighted by molar-refractivity contribution is 5.98. The fourth-order valence-electron chi connectivity index (χ4n) is 1.57. The molecule has 18 heavy (non-hydrogen) atoms. The predicted octanol–water partition coefficient (Wildman–Crippen LogP) is 0.670. The van der Waals surface area contributed by atoms with E-state index in [-0.39, 0.29) is 22.9 Å². The minimum Gasteiger partial charge on any atom is -0.505 e. The van der Waals surface area contributed by atoms with Crippen molar-refractivity contribution in [2.75, 3.05) is 12.3 Å². The van der Waals surface area contributed by atoms with Gasteiger partial charge in [0, 0.05) is 24.9 Å². The number of imidazole rings is 1. The number of aromatic amines is 1. The predicted molar refractivity (Wildman–Crippen MR) is 67.1 cm³/mol. The molecular formula is C12H14N4O2. The Balaban J connectivity index is 1.93. The number of aromatic hydroxyl groups is 1. The van der Waals surface area contributed by atoms with Crippen LogP contribution in [0.1, 0.15) is 16.1 Å². The smallest absolute Gasteiger partial charge is 0.255 e. The lowest BCUT2D eigenvalue weighted by atomic mass is 10.1. The van der Waals surface area contributed by atoms with E-state index in [4.69, 9.17) is 5.73 Å². The highest BCUT2D eigenvalue weighted by Crippen LogP contribution is 2.23. The van der Waals surface area contributed by atoms with Gasteiger partial charge in [-0.3, -0.25) is 4.79 Å². The molecule has 6 heteroatoms. The first-order chi connectivity index (χ1) is 8.68. The monoisotopic (exact) mass is 246 g/mol. The number of aromatic nitrogens is 2. The van der Waals surface area contributed by atoms with E-state index >= 15 is 0 Å². The Labute approximate surface area is 104 Å². The summed E-state index contributed by atoms with van der Waals surface area (Å²) >= 11 is 0. The zero-order valence-electron chi connectivity index (χ0n) is 9.68. The molecule has 2 aromatic rings. The summed E-state index contributed by atoms with van der Waals surface area (Å²) in [6, 6.07) is 4.69. The molecular weight excluding hydrogens is 232 g/mol. The summed E-state index contributed by atoms with van der Waals surface area (Å²) in [5.74, 6) is -0.532. The van der Waals surface area contributed by atoms with Crippen LogP contribution in [0.5, 0.6) is 5.75 Å². The molecule has 5 N–H and O–H groups in total. The van der Waals surface area contributed by atoms with Crippen molar-refractivity contribution < 1.29 is 9.90 Å². The Bertz CT molecular complexity index is 537. The molecule has 0 aliphatic carbocycles. The average Bonchev–Trinajstić information content (AvgIpc) is 2.85. The van der Waals surface area contributed by atoms with Gasteiger partial charge in [-0.05, 0) is 12.1 Å². The number of amides is 1. The molecule has 0 radical (unpaired) electrons. The lowest BCUT2D eigenvalue weighted by Crippen LogP contribution is -2.25. The van der Waals surface area contributed by atoms with Gasteiger partial charge in [0.25, 0.3) is 5.91 Å². The number of hydrogen-bond donors (Lipinski definition) is 4. The zero-order chi connectivity index (χ0) is 13.0. The lowest BCUT2D eigenvalue weighted by Gasteiger charge is -2.07. The number of H-pyrrole nitrogens is 1. The third-order valence-corrected chi connectivity index (χ3v) is 2.55. The van der Waals surface area contributed by atoms with Gasteiger partial charge in [-0.2, -0.15) is 0 Å². The summed E-state index contributed by atoms with van der Waals surface area (Å²) < 4.78 is 0. The highest BCUT2D eigenvalue weighted by Gasteiger charge is 2.12. The number of para-hydroxylation sites is 1. The molecule has 1 amide bonds. The normalized spacial score (nSPS) is 10.2. The number of nitrogens with zero attached hydrogens (tertiary/aromatic N) is 1. The fraction of sp³-hybridized carbons (Fsp3) is 0.167. The van der Waals surface area contributed by atoms with Crippen LogP contribution in [-0.2, 0) is 6.42 Å². The van der Waals surface area contributed by atoms with Crippen molar-refractivity contribution in [3.63, 3.8) is 0 Å². The molecule has 1 aromatic heterocycles. The number of carbonyl (C=O) groups is 1. The van der Waals surface area contributed by atoms with Gasteiger partial charge in [0.05, 0.1) is 17.6 Å². The molecule has 0 saturated carbocycles. The summed E-state index contributed by atoms with van der Waals surface area (Å²) in [5.41, 5.74) is 6.83. The lowest BCUT2D eigenvalue weighted by molar-refractivity contribution is 0.0951. The summed E-state index contributed by atoms with van der Waals surface area (Å²) in [4.78, 5) is 18.6. The largest absolute Gasteiger partial charge is 0.505 e. The number of phenolic OH excluding ortho intramolecular Hbond substituents is 1. The molecule has 1 heterocycles. The minimum atomic E-state index is -0.348. The third-order valence-electron chi connectivity index (χ3n) is 2.55. The maximum atomic E-state index is 11.8. The number of hydrogen-bond acceptors (Lipinski definition) is 4. The van der Waals surface area contributed by atoms with Crippen molar-refractivity contribution >= 4 is 11.6 Å². The maximum absolute atomic E-state index is 11.8. The Morgan fingerprint density at radius 3 is 3.06 bits per heavy atom. The van der Waals surface area contributed by atoms with Crippen molar-refractivity contribution in [2.45, 2.75) is 6.42 Å². The SMILES string of the molecule is Nc1cccc(C(=O)NCCc2cnc[nH]2)c1O. The van der Waals surface area contributed by atoms with Crippen molar-refractivity contribution in [1.29, 1.82) is 0 Å². The molecule has 0 saturated heterocycles. The second-order valence-corrected chi connectivity index (χ2v) is 3.83. The number of rotatable bonds is 4. The van der Waals surface area contributed by atoms with Crippen LogP contribution in [0.15, 0.2) is 30.7 Å². The van der Waals surface area contributed by atoms with Crippen molar-refractivity contribution in [3.05, 3.63) is 42.0 Å². The number of nitrogens with one attached hydrogen (secondary N) is 2. The van der Waals surface area contributed by atoms with E-state index in [2.05, 4.69) is 15.3 Å². The van der Waals surface area contributed by atoms with Crippen LogP contribution >= 0.6 is 0 Å². The van der Waals surface area contributed by atoms with E-state index in [1.807, 2.05) is 0 Å². The highest BCUT2D eigenvalue weighted by atomic mass is 16.3. The second-order valence-electron chi connectivity index (χ2n) is 3.83. The van der Waals surface area contributed by atoms with Gasteiger partial charge < -0.3 is 21.1 Å². The first kappa shape index (κ1) is 12.0. The molecule has 0 atom stereocenters. The van der Waals surface area contributed by atoms with Crippen LogP contribution in [0.25, 0.3) is 0 Å². The van der Waals surface area contributed by atoms with E-state index in [1.54, 1.807) is 18.6 Å². The number of nitrogen functional groups attached to an aromatic ring is 1. The first-order valence-corrected chi connectivity index (χ1v) is 5.51. The number of benzene rings is 1. The van der Waals surface area contributed by atoms with E-state index in [0.717, 1.165) is 5.69 Å². The Morgan fingerprint density at radius 1 is 1.50 bits per heavy atom. The molecule has 0 fully saturated rings. The number of anilines is 1.